The molecule has 2 nitrogen and oxygen atoms in total. The minimum atomic E-state index is 0.0956. The summed E-state index contributed by atoms with van der Waals surface area (Å²) in [7, 11) is 0. The molecule has 1 rings (SSSR count). The number of hydrogen-bond donors (Lipinski definition) is 2. The third-order valence-corrected chi connectivity index (χ3v) is 3.85. The summed E-state index contributed by atoms with van der Waals surface area (Å²) in [5.74, 6) is 1.80. The van der Waals surface area contributed by atoms with Gasteiger partial charge < -0.3 is 5.32 Å². The van der Waals surface area contributed by atoms with Crippen LogP contribution in [0.15, 0.2) is 29.2 Å². The lowest BCUT2D eigenvalue weighted by molar-refractivity contribution is -0.120. The average molecular weight is 279 g/mol. The van der Waals surface area contributed by atoms with Crippen molar-refractivity contribution in [3.8, 4) is 0 Å². The van der Waals surface area contributed by atoms with Crippen LogP contribution in [-0.4, -0.2) is 12.5 Å². The lowest BCUT2D eigenvalue weighted by Gasteiger charge is -2.25. The zero-order valence-corrected chi connectivity index (χ0v) is 13.2. The molecule has 0 heterocycles. The zero-order valence-electron chi connectivity index (χ0n) is 12.3. The van der Waals surface area contributed by atoms with Gasteiger partial charge >= 0.3 is 0 Å². The van der Waals surface area contributed by atoms with Crippen LogP contribution in [0.5, 0.6) is 0 Å². The quantitative estimate of drug-likeness (QED) is 0.766. The maximum absolute atomic E-state index is 11.9. The number of carbonyl (C=O) groups excluding carboxylic acids is 1. The first-order valence-electron chi connectivity index (χ1n) is 6.94. The highest BCUT2D eigenvalue weighted by atomic mass is 32.1. The maximum atomic E-state index is 11.9. The number of rotatable bonds is 6. The van der Waals surface area contributed by atoms with Crippen LogP contribution in [0.3, 0.4) is 0 Å². The van der Waals surface area contributed by atoms with Crippen molar-refractivity contribution < 1.29 is 4.79 Å². The molecule has 1 amide bonds. The van der Waals surface area contributed by atoms with Crippen molar-refractivity contribution in [1.82, 2.24) is 5.32 Å². The van der Waals surface area contributed by atoms with Gasteiger partial charge in [0.2, 0.25) is 5.91 Å². The molecule has 0 aliphatic carbocycles. The first-order valence-corrected chi connectivity index (χ1v) is 7.39. The first kappa shape index (κ1) is 16.1. The molecule has 106 valence electrons. The second-order valence-electron chi connectivity index (χ2n) is 5.80. The fourth-order valence-electron chi connectivity index (χ4n) is 2.33. The van der Waals surface area contributed by atoms with E-state index in [0.717, 1.165) is 17.0 Å². The van der Waals surface area contributed by atoms with Crippen molar-refractivity contribution >= 4 is 18.5 Å². The van der Waals surface area contributed by atoms with E-state index >= 15 is 0 Å². The molecular formula is C16H25NOS. The Morgan fingerprint density at radius 2 is 1.63 bits per heavy atom. The smallest absolute Gasteiger partial charge is 0.224 e. The van der Waals surface area contributed by atoms with Gasteiger partial charge in [0.25, 0.3) is 0 Å². The van der Waals surface area contributed by atoms with E-state index < -0.39 is 0 Å². The first-order chi connectivity index (χ1) is 8.90. The Balaban J connectivity index is 2.45. The molecule has 1 aromatic carbocycles. The molecule has 1 N–H and O–H groups in total. The van der Waals surface area contributed by atoms with Crippen LogP contribution < -0.4 is 5.32 Å². The lowest BCUT2D eigenvalue weighted by atomic mass is 9.85. The van der Waals surface area contributed by atoms with Gasteiger partial charge in [-0.05, 0) is 35.4 Å². The molecular weight excluding hydrogens is 254 g/mol. The Morgan fingerprint density at radius 3 is 2.11 bits per heavy atom. The van der Waals surface area contributed by atoms with Crippen molar-refractivity contribution in [2.75, 3.05) is 6.54 Å². The Morgan fingerprint density at radius 1 is 1.11 bits per heavy atom. The van der Waals surface area contributed by atoms with E-state index in [1.807, 2.05) is 24.3 Å². The predicted octanol–water partition coefficient (Wildman–Crippen LogP) is 3.56. The van der Waals surface area contributed by atoms with Crippen LogP contribution in [0, 0.1) is 17.8 Å². The molecule has 19 heavy (non-hydrogen) atoms. The number of amides is 1. The second kappa shape index (κ2) is 7.59. The van der Waals surface area contributed by atoms with Gasteiger partial charge in [0.15, 0.2) is 0 Å². The van der Waals surface area contributed by atoms with E-state index in [2.05, 4.69) is 45.6 Å². The van der Waals surface area contributed by atoms with Crippen LogP contribution >= 0.6 is 12.6 Å². The average Bonchev–Trinajstić information content (AvgIpc) is 2.31. The van der Waals surface area contributed by atoms with Crippen LogP contribution in [0.4, 0.5) is 0 Å². The molecule has 0 unspecified atom stereocenters. The molecule has 0 aromatic heterocycles. The van der Waals surface area contributed by atoms with E-state index in [4.69, 9.17) is 0 Å². The van der Waals surface area contributed by atoms with Gasteiger partial charge in [-0.1, -0.05) is 39.8 Å². The summed E-state index contributed by atoms with van der Waals surface area (Å²) < 4.78 is 0. The van der Waals surface area contributed by atoms with Gasteiger partial charge in [0, 0.05) is 11.4 Å². The molecule has 0 spiro atoms. The van der Waals surface area contributed by atoms with Gasteiger partial charge in [-0.25, -0.2) is 0 Å². The largest absolute Gasteiger partial charge is 0.356 e. The molecule has 0 bridgehead atoms. The van der Waals surface area contributed by atoms with E-state index in [1.54, 1.807) is 0 Å². The lowest BCUT2D eigenvalue weighted by Crippen LogP contribution is -2.34. The standard InChI is InChI=1S/C16H25NOS/c1-11(2)15(12(3)4)10-17-16(18)9-13-5-7-14(19)8-6-13/h5-8,11-12,15,19H,9-10H2,1-4H3,(H,17,18). The maximum Gasteiger partial charge on any atom is 0.224 e. The third kappa shape index (κ3) is 5.68. The molecule has 1 aromatic rings. The van der Waals surface area contributed by atoms with Crippen LogP contribution in [0.25, 0.3) is 0 Å². The Bertz CT molecular complexity index is 390. The Labute approximate surface area is 122 Å². The van der Waals surface area contributed by atoms with Crippen molar-refractivity contribution in [2.24, 2.45) is 17.8 Å². The summed E-state index contributed by atoms with van der Waals surface area (Å²) >= 11 is 4.23. The van der Waals surface area contributed by atoms with Crippen LogP contribution in [0.1, 0.15) is 33.3 Å². The molecule has 0 atom stereocenters. The highest BCUT2D eigenvalue weighted by Crippen LogP contribution is 2.19. The predicted molar refractivity (Wildman–Crippen MR) is 83.6 cm³/mol. The van der Waals surface area contributed by atoms with Gasteiger partial charge in [0.05, 0.1) is 6.42 Å². The van der Waals surface area contributed by atoms with Crippen molar-refractivity contribution in [3.05, 3.63) is 29.8 Å². The molecule has 0 aliphatic heterocycles. The van der Waals surface area contributed by atoms with Gasteiger partial charge in [-0.3, -0.25) is 4.79 Å². The Kier molecular flexibility index (Phi) is 6.43. The fraction of sp³-hybridized carbons (Fsp3) is 0.562. The summed E-state index contributed by atoms with van der Waals surface area (Å²) in [5.41, 5.74) is 1.03. The highest BCUT2D eigenvalue weighted by Gasteiger charge is 2.18. The topological polar surface area (TPSA) is 29.1 Å². The molecule has 0 saturated carbocycles. The van der Waals surface area contributed by atoms with E-state index in [1.165, 1.54) is 0 Å². The number of thiol groups is 1. The molecule has 0 saturated heterocycles. The minimum absolute atomic E-state index is 0.0956. The minimum Gasteiger partial charge on any atom is -0.356 e. The fourth-order valence-corrected chi connectivity index (χ4v) is 2.48. The number of hydrogen-bond acceptors (Lipinski definition) is 2. The van der Waals surface area contributed by atoms with E-state index in [-0.39, 0.29) is 5.91 Å². The monoisotopic (exact) mass is 279 g/mol. The summed E-state index contributed by atoms with van der Waals surface area (Å²) in [6, 6.07) is 7.72. The summed E-state index contributed by atoms with van der Waals surface area (Å²) in [5, 5.41) is 3.05. The molecule has 0 radical (unpaired) electrons. The molecule has 0 fully saturated rings. The van der Waals surface area contributed by atoms with Gasteiger partial charge in [-0.2, -0.15) is 0 Å². The summed E-state index contributed by atoms with van der Waals surface area (Å²) in [6.45, 7) is 9.60. The van der Waals surface area contributed by atoms with Crippen LogP contribution in [-0.2, 0) is 11.2 Å². The Hall–Kier alpha value is -0.960. The molecule has 0 aliphatic rings. The second-order valence-corrected chi connectivity index (χ2v) is 6.32. The summed E-state index contributed by atoms with van der Waals surface area (Å²) in [4.78, 5) is 12.8. The van der Waals surface area contributed by atoms with E-state index in [0.29, 0.717) is 24.2 Å². The van der Waals surface area contributed by atoms with Crippen molar-refractivity contribution in [3.63, 3.8) is 0 Å². The zero-order chi connectivity index (χ0) is 14.4. The van der Waals surface area contributed by atoms with Gasteiger partial charge in [0.1, 0.15) is 0 Å². The summed E-state index contributed by atoms with van der Waals surface area (Å²) in [6.07, 6.45) is 0.441. The van der Waals surface area contributed by atoms with Gasteiger partial charge in [-0.15, -0.1) is 12.6 Å². The highest BCUT2D eigenvalue weighted by molar-refractivity contribution is 7.80. The van der Waals surface area contributed by atoms with Crippen LogP contribution in [0.2, 0.25) is 0 Å². The van der Waals surface area contributed by atoms with Crippen molar-refractivity contribution in [1.29, 1.82) is 0 Å². The number of benzene rings is 1. The molecule has 3 heteroatoms. The third-order valence-electron chi connectivity index (χ3n) is 3.55. The number of carbonyl (C=O) groups is 1. The normalized spacial score (nSPS) is 11.4. The number of nitrogens with one attached hydrogen (secondary N) is 1. The SMILES string of the molecule is CC(C)C(CNC(=O)Cc1ccc(S)cc1)C(C)C. The van der Waals surface area contributed by atoms with E-state index in [9.17, 15) is 4.79 Å². The van der Waals surface area contributed by atoms with Crippen molar-refractivity contribution in [2.45, 2.75) is 39.0 Å².